The molecule has 1 unspecified atom stereocenters. The van der Waals surface area contributed by atoms with Gasteiger partial charge in [0.2, 0.25) is 0 Å². The molecule has 0 amide bonds. The van der Waals surface area contributed by atoms with E-state index in [2.05, 4.69) is 52.6 Å². The first-order valence-electron chi connectivity index (χ1n) is 16.0. The van der Waals surface area contributed by atoms with Gasteiger partial charge in [-0.15, -0.1) is 0 Å². The molecule has 0 N–H and O–H groups in total. The number of carbonyl (C=O) groups excluding carboxylic acids is 3. The number of rotatable bonds is 2. The summed E-state index contributed by atoms with van der Waals surface area (Å²) in [5.41, 5.74) is -0.771. The van der Waals surface area contributed by atoms with Crippen LogP contribution in [0.3, 0.4) is 0 Å². The second-order valence-electron chi connectivity index (χ2n) is 16.4. The molecule has 7 nitrogen and oxygen atoms in total. The Morgan fingerprint density at radius 2 is 1.70 bits per heavy atom. The predicted octanol–water partition coefficient (Wildman–Crippen LogP) is 7.87. The smallest absolute Gasteiger partial charge is 0.419 e. The Hall–Kier alpha value is -3.01. The van der Waals surface area contributed by atoms with Crippen molar-refractivity contribution in [1.29, 1.82) is 5.26 Å². The number of nitrogens with zero attached hydrogens (tertiary/aromatic N) is 3. The van der Waals surface area contributed by atoms with Gasteiger partial charge in [-0.2, -0.15) is 5.26 Å². The van der Waals surface area contributed by atoms with Crippen LogP contribution < -0.4 is 0 Å². The van der Waals surface area contributed by atoms with E-state index in [4.69, 9.17) is 4.74 Å². The Kier molecular flexibility index (Phi) is 7.51. The van der Waals surface area contributed by atoms with Gasteiger partial charge < -0.3 is 4.74 Å². The van der Waals surface area contributed by atoms with E-state index in [0.29, 0.717) is 6.61 Å². The van der Waals surface area contributed by atoms with Crippen molar-refractivity contribution >= 4 is 17.7 Å². The lowest BCUT2D eigenvalue weighted by Gasteiger charge is -2.65. The van der Waals surface area contributed by atoms with Gasteiger partial charge >= 0.3 is 6.09 Å². The van der Waals surface area contributed by atoms with Gasteiger partial charge in [0.25, 0.3) is 0 Å². The lowest BCUT2D eigenvalue weighted by molar-refractivity contribution is -0.139. The zero-order valence-electron chi connectivity index (χ0n) is 27.4. The molecular formula is C36H49N3O4. The number of carbonyl (C=O) groups is 3. The number of imidazole rings is 1. The average Bonchev–Trinajstić information content (AvgIpc) is 3.48. The van der Waals surface area contributed by atoms with Crippen LogP contribution >= 0.6 is 0 Å². The molecule has 43 heavy (non-hydrogen) atoms. The van der Waals surface area contributed by atoms with Gasteiger partial charge in [-0.25, -0.2) is 14.3 Å². The highest BCUT2D eigenvalue weighted by Gasteiger charge is 2.65. The van der Waals surface area contributed by atoms with Crippen LogP contribution in [-0.4, -0.2) is 33.8 Å². The van der Waals surface area contributed by atoms with Crippen molar-refractivity contribution in [3.05, 3.63) is 42.0 Å². The number of Topliss-reactive ketones (excluding diaryl/α,β-unsaturated/α-hetero) is 1. The summed E-state index contributed by atoms with van der Waals surface area (Å²) in [4.78, 5) is 44.4. The number of nitriles is 1. The minimum Gasteiger partial charge on any atom is -0.448 e. The third kappa shape index (κ3) is 4.93. The molecule has 1 aromatic rings. The molecule has 0 spiro atoms. The molecule has 0 saturated heterocycles. The quantitative estimate of drug-likeness (QED) is 0.349. The van der Waals surface area contributed by atoms with Crippen LogP contribution in [0.15, 0.2) is 42.0 Å². The highest BCUT2D eigenvalue weighted by molar-refractivity contribution is 6.04. The van der Waals surface area contributed by atoms with E-state index in [1.165, 1.54) is 10.9 Å². The molecule has 2 saturated carbocycles. The van der Waals surface area contributed by atoms with Crippen molar-refractivity contribution in [3.63, 3.8) is 0 Å². The SMILES string of the molecule is CC1(C)CCC2C(=O)C=C3[C@@]4(C)C=C(C#N)C(=O)C(C)(C)[C@@H]4CC[C@@]3(C)[C@]2(C)CC[C@@](C)(COC(=O)n2ccnc2)CC1. The van der Waals surface area contributed by atoms with E-state index in [1.54, 1.807) is 12.4 Å². The zero-order chi connectivity index (χ0) is 31.6. The molecule has 1 heterocycles. The van der Waals surface area contributed by atoms with E-state index < -0.39 is 16.9 Å². The summed E-state index contributed by atoms with van der Waals surface area (Å²) < 4.78 is 7.23. The summed E-state index contributed by atoms with van der Waals surface area (Å²) in [5, 5.41) is 9.97. The van der Waals surface area contributed by atoms with Gasteiger partial charge in [0.15, 0.2) is 11.6 Å². The van der Waals surface area contributed by atoms with Crippen LogP contribution in [0.5, 0.6) is 0 Å². The van der Waals surface area contributed by atoms with Gasteiger partial charge in [-0.05, 0) is 79.6 Å². The Bertz CT molecular complexity index is 1430. The molecule has 0 aliphatic heterocycles. The third-order valence-corrected chi connectivity index (χ3v) is 12.8. The molecule has 5 rings (SSSR count). The van der Waals surface area contributed by atoms with Crippen molar-refractivity contribution < 1.29 is 19.1 Å². The molecule has 7 heteroatoms. The summed E-state index contributed by atoms with van der Waals surface area (Å²) in [6.07, 6.45) is 15.1. The molecule has 2 fully saturated rings. The maximum Gasteiger partial charge on any atom is 0.419 e. The molecule has 6 atom stereocenters. The van der Waals surface area contributed by atoms with Gasteiger partial charge in [0, 0.05) is 34.6 Å². The fourth-order valence-electron chi connectivity index (χ4n) is 9.46. The van der Waals surface area contributed by atoms with E-state index in [-0.39, 0.29) is 50.6 Å². The van der Waals surface area contributed by atoms with E-state index in [9.17, 15) is 19.6 Å². The lowest BCUT2D eigenvalue weighted by atomic mass is 9.38. The molecule has 4 aliphatic rings. The van der Waals surface area contributed by atoms with Crippen LogP contribution in [0, 0.1) is 55.7 Å². The second-order valence-corrected chi connectivity index (χ2v) is 16.4. The van der Waals surface area contributed by atoms with Crippen molar-refractivity contribution in [1.82, 2.24) is 9.55 Å². The number of hydrogen-bond donors (Lipinski definition) is 0. The number of fused-ring (bicyclic) bond motifs is 5. The minimum atomic E-state index is -0.685. The topological polar surface area (TPSA) is 102 Å². The van der Waals surface area contributed by atoms with Gasteiger partial charge in [-0.1, -0.05) is 67.0 Å². The summed E-state index contributed by atoms with van der Waals surface area (Å²) in [6, 6.07) is 2.19. The number of allylic oxidation sites excluding steroid dienone is 4. The zero-order valence-corrected chi connectivity index (χ0v) is 27.4. The van der Waals surface area contributed by atoms with E-state index >= 15 is 0 Å². The first-order valence-corrected chi connectivity index (χ1v) is 16.0. The van der Waals surface area contributed by atoms with Crippen molar-refractivity contribution in [2.24, 2.45) is 44.3 Å². The summed E-state index contributed by atoms with van der Waals surface area (Å²) in [5.74, 6) is -0.00437. The second kappa shape index (κ2) is 10.3. The Morgan fingerprint density at radius 1 is 1.00 bits per heavy atom. The van der Waals surface area contributed by atoms with Crippen LogP contribution in [0.4, 0.5) is 4.79 Å². The molecule has 0 aromatic carbocycles. The van der Waals surface area contributed by atoms with E-state index in [0.717, 1.165) is 56.9 Å². The van der Waals surface area contributed by atoms with Crippen molar-refractivity contribution in [3.8, 4) is 6.07 Å². The normalized spacial score (nSPS) is 38.8. The largest absolute Gasteiger partial charge is 0.448 e. The van der Waals surface area contributed by atoms with Crippen LogP contribution in [0.1, 0.15) is 107 Å². The highest BCUT2D eigenvalue weighted by atomic mass is 16.5. The summed E-state index contributed by atoms with van der Waals surface area (Å²) >= 11 is 0. The Labute approximate surface area is 257 Å². The van der Waals surface area contributed by atoms with Gasteiger partial charge in [-0.3, -0.25) is 9.59 Å². The lowest BCUT2D eigenvalue weighted by Crippen LogP contribution is -2.60. The van der Waals surface area contributed by atoms with Gasteiger partial charge in [0.05, 0.1) is 12.2 Å². The molecule has 0 bridgehead atoms. The monoisotopic (exact) mass is 587 g/mol. The fourth-order valence-corrected chi connectivity index (χ4v) is 9.46. The summed E-state index contributed by atoms with van der Waals surface area (Å²) in [6.45, 7) is 17.9. The third-order valence-electron chi connectivity index (χ3n) is 12.8. The van der Waals surface area contributed by atoms with E-state index in [1.807, 2.05) is 26.0 Å². The summed E-state index contributed by atoms with van der Waals surface area (Å²) in [7, 11) is 0. The number of ketones is 2. The molecule has 1 aromatic heterocycles. The first kappa shape index (κ1) is 31.4. The predicted molar refractivity (Wildman–Crippen MR) is 165 cm³/mol. The number of ether oxygens (including phenoxy) is 1. The molecule has 0 radical (unpaired) electrons. The van der Waals surface area contributed by atoms with Crippen molar-refractivity contribution in [2.75, 3.05) is 6.61 Å². The highest BCUT2D eigenvalue weighted by Crippen LogP contribution is 2.70. The van der Waals surface area contributed by atoms with Crippen LogP contribution in [0.25, 0.3) is 0 Å². The average molecular weight is 588 g/mol. The standard InChI is InChI=1S/C36H49N3O4/c1-31(2)11-9-25-26(40)19-28-34(6)20-24(21-37)29(41)32(3,4)27(34)10-12-36(28,8)35(25,7)16-15-33(5,14-13-31)22-43-30(42)39-18-17-38-23-39/h17-20,23,25,27H,9-16,22H2,1-8H3/t25?,27-,33-,34-,35+,36+/m0/s1. The number of hydrogen-bond acceptors (Lipinski definition) is 6. The number of aromatic nitrogens is 2. The minimum absolute atomic E-state index is 0.0168. The first-order chi connectivity index (χ1) is 19.9. The Balaban J connectivity index is 1.56. The molecular weight excluding hydrogens is 538 g/mol. The van der Waals surface area contributed by atoms with Gasteiger partial charge in [0.1, 0.15) is 12.4 Å². The Morgan fingerprint density at radius 3 is 2.35 bits per heavy atom. The maximum absolute atomic E-state index is 14.3. The van der Waals surface area contributed by atoms with Crippen LogP contribution in [-0.2, 0) is 14.3 Å². The molecule has 232 valence electrons. The fraction of sp³-hybridized carbons (Fsp3) is 0.694. The maximum atomic E-state index is 14.3. The van der Waals surface area contributed by atoms with Crippen LogP contribution in [0.2, 0.25) is 0 Å². The van der Waals surface area contributed by atoms with Crippen molar-refractivity contribution in [2.45, 2.75) is 107 Å². The molecule has 4 aliphatic carbocycles.